The summed E-state index contributed by atoms with van der Waals surface area (Å²) < 4.78 is 26.5. The van der Waals surface area contributed by atoms with Crippen molar-refractivity contribution in [2.45, 2.75) is 25.8 Å². The molecular weight excluding hydrogens is 372 g/mol. The molecule has 148 valence electrons. The van der Waals surface area contributed by atoms with Crippen LogP contribution in [0.2, 0.25) is 0 Å². The van der Waals surface area contributed by atoms with Crippen molar-refractivity contribution < 1.29 is 13.2 Å². The van der Waals surface area contributed by atoms with Crippen LogP contribution in [0, 0.1) is 5.92 Å². The highest BCUT2D eigenvalue weighted by molar-refractivity contribution is 7.92. The van der Waals surface area contributed by atoms with Gasteiger partial charge in [0.15, 0.2) is 0 Å². The predicted molar refractivity (Wildman–Crippen MR) is 112 cm³/mol. The Labute approximate surface area is 167 Å². The summed E-state index contributed by atoms with van der Waals surface area (Å²) in [6.07, 6.45) is 2.67. The lowest BCUT2D eigenvalue weighted by molar-refractivity contribution is -0.126. The van der Waals surface area contributed by atoms with Crippen molar-refractivity contribution >= 4 is 22.0 Å². The van der Waals surface area contributed by atoms with E-state index in [1.54, 1.807) is 6.08 Å². The Morgan fingerprint density at radius 2 is 1.61 bits per heavy atom. The molecule has 6 heteroatoms. The minimum Gasteiger partial charge on any atom is -0.349 e. The van der Waals surface area contributed by atoms with E-state index in [-0.39, 0.29) is 17.9 Å². The third kappa shape index (κ3) is 5.30. The molecule has 0 aliphatic carbocycles. The molecule has 1 amide bonds. The Morgan fingerprint density at radius 3 is 2.21 bits per heavy atom. The first-order valence-corrected chi connectivity index (χ1v) is 11.0. The quantitative estimate of drug-likeness (QED) is 0.809. The van der Waals surface area contributed by atoms with E-state index in [9.17, 15) is 13.2 Å². The molecule has 5 nitrogen and oxygen atoms in total. The molecule has 1 aliphatic rings. The molecule has 0 aromatic heterocycles. The van der Waals surface area contributed by atoms with Crippen LogP contribution in [-0.2, 0) is 14.8 Å². The largest absolute Gasteiger partial charge is 0.349 e. The lowest BCUT2D eigenvalue weighted by Gasteiger charge is -2.30. The van der Waals surface area contributed by atoms with Gasteiger partial charge in [0.25, 0.3) is 0 Å². The number of amides is 1. The Hall–Kier alpha value is -2.44. The van der Waals surface area contributed by atoms with Gasteiger partial charge in [0.2, 0.25) is 15.9 Å². The van der Waals surface area contributed by atoms with Crippen molar-refractivity contribution in [2.24, 2.45) is 5.92 Å². The summed E-state index contributed by atoms with van der Waals surface area (Å²) in [5.74, 6) is -0.163. The van der Waals surface area contributed by atoms with Crippen LogP contribution in [0.4, 0.5) is 0 Å². The van der Waals surface area contributed by atoms with E-state index in [4.69, 9.17) is 0 Å². The molecule has 3 rings (SSSR count). The maximum atomic E-state index is 12.6. The molecule has 0 bridgehead atoms. The van der Waals surface area contributed by atoms with Crippen LogP contribution in [0.1, 0.15) is 36.9 Å². The Kier molecular flexibility index (Phi) is 6.65. The highest BCUT2D eigenvalue weighted by atomic mass is 32.2. The lowest BCUT2D eigenvalue weighted by atomic mass is 9.96. The first-order chi connectivity index (χ1) is 13.5. The molecule has 2 aromatic carbocycles. The molecule has 0 saturated carbocycles. The summed E-state index contributed by atoms with van der Waals surface area (Å²) in [5.41, 5.74) is 1.90. The van der Waals surface area contributed by atoms with Crippen LogP contribution in [0.3, 0.4) is 0 Å². The van der Waals surface area contributed by atoms with Gasteiger partial charge >= 0.3 is 0 Å². The number of nitrogens with one attached hydrogen (secondary N) is 1. The van der Waals surface area contributed by atoms with Crippen molar-refractivity contribution in [1.82, 2.24) is 9.62 Å². The molecule has 1 N–H and O–H groups in total. The first kappa shape index (κ1) is 20.3. The fourth-order valence-electron chi connectivity index (χ4n) is 3.34. The second-order valence-electron chi connectivity index (χ2n) is 7.07. The number of carbonyl (C=O) groups is 1. The van der Waals surface area contributed by atoms with Gasteiger partial charge in [0.05, 0.1) is 6.04 Å². The molecule has 1 atom stereocenters. The SMILES string of the molecule is CC(NC(=O)C1CCN(S(=O)(=O)C=Cc2ccccc2)CC1)c1ccccc1. The van der Waals surface area contributed by atoms with Crippen molar-refractivity contribution in [3.8, 4) is 0 Å². The van der Waals surface area contributed by atoms with E-state index in [0.717, 1.165) is 11.1 Å². The predicted octanol–water partition coefficient (Wildman–Crippen LogP) is 3.58. The summed E-state index contributed by atoms with van der Waals surface area (Å²) in [4.78, 5) is 12.6. The van der Waals surface area contributed by atoms with Crippen LogP contribution < -0.4 is 5.32 Å². The first-order valence-electron chi connectivity index (χ1n) is 9.54. The monoisotopic (exact) mass is 398 g/mol. The molecule has 1 aliphatic heterocycles. The van der Waals surface area contributed by atoms with E-state index in [0.29, 0.717) is 25.9 Å². The van der Waals surface area contributed by atoms with Gasteiger partial charge < -0.3 is 5.32 Å². The molecule has 1 fully saturated rings. The molecule has 1 unspecified atom stereocenters. The van der Waals surface area contributed by atoms with Crippen LogP contribution in [0.5, 0.6) is 0 Å². The van der Waals surface area contributed by atoms with Crippen LogP contribution >= 0.6 is 0 Å². The zero-order valence-corrected chi connectivity index (χ0v) is 16.8. The number of sulfonamides is 1. The van der Waals surface area contributed by atoms with E-state index in [1.807, 2.05) is 67.6 Å². The van der Waals surface area contributed by atoms with Crippen molar-refractivity contribution in [1.29, 1.82) is 0 Å². The van der Waals surface area contributed by atoms with Crippen molar-refractivity contribution in [2.75, 3.05) is 13.1 Å². The number of piperidine rings is 1. The summed E-state index contributed by atoms with van der Waals surface area (Å²) >= 11 is 0. The maximum absolute atomic E-state index is 12.6. The van der Waals surface area contributed by atoms with Crippen LogP contribution in [0.15, 0.2) is 66.1 Å². The molecule has 28 heavy (non-hydrogen) atoms. The Balaban J connectivity index is 1.53. The minimum atomic E-state index is -3.48. The zero-order chi connectivity index (χ0) is 20.0. The maximum Gasteiger partial charge on any atom is 0.236 e. The van der Waals surface area contributed by atoms with Crippen molar-refractivity contribution in [3.63, 3.8) is 0 Å². The Morgan fingerprint density at radius 1 is 1.04 bits per heavy atom. The smallest absolute Gasteiger partial charge is 0.236 e. The second-order valence-corrected chi connectivity index (χ2v) is 8.89. The van der Waals surface area contributed by atoms with Gasteiger partial charge in [-0.1, -0.05) is 60.7 Å². The highest BCUT2D eigenvalue weighted by Crippen LogP contribution is 2.22. The fourth-order valence-corrected chi connectivity index (χ4v) is 4.56. The van der Waals surface area contributed by atoms with Gasteiger partial charge in [-0.05, 0) is 37.0 Å². The molecule has 1 saturated heterocycles. The number of carbonyl (C=O) groups excluding carboxylic acids is 1. The van der Waals surface area contributed by atoms with Gasteiger partial charge in [0.1, 0.15) is 0 Å². The summed E-state index contributed by atoms with van der Waals surface area (Å²) in [5, 5.41) is 4.30. The third-order valence-electron chi connectivity index (χ3n) is 5.07. The summed E-state index contributed by atoms with van der Waals surface area (Å²) in [6, 6.07) is 19.1. The molecule has 0 radical (unpaired) electrons. The number of hydrogen-bond acceptors (Lipinski definition) is 3. The summed E-state index contributed by atoms with van der Waals surface area (Å²) in [7, 11) is -3.48. The van der Waals surface area contributed by atoms with E-state index in [2.05, 4.69) is 5.32 Å². The zero-order valence-electron chi connectivity index (χ0n) is 16.0. The van der Waals surface area contributed by atoms with Gasteiger partial charge in [0, 0.05) is 24.4 Å². The van der Waals surface area contributed by atoms with E-state index in [1.165, 1.54) is 9.71 Å². The average molecular weight is 399 g/mol. The van der Waals surface area contributed by atoms with Crippen LogP contribution in [-0.4, -0.2) is 31.7 Å². The fraction of sp³-hybridized carbons (Fsp3) is 0.318. The summed E-state index contributed by atoms with van der Waals surface area (Å²) in [6.45, 7) is 2.68. The molecular formula is C22H26N2O3S. The van der Waals surface area contributed by atoms with Gasteiger partial charge in [-0.25, -0.2) is 8.42 Å². The minimum absolute atomic E-state index is 0.00627. The van der Waals surface area contributed by atoms with E-state index >= 15 is 0 Å². The number of benzene rings is 2. The number of rotatable bonds is 6. The third-order valence-corrected chi connectivity index (χ3v) is 6.64. The van der Waals surface area contributed by atoms with Crippen molar-refractivity contribution in [3.05, 3.63) is 77.2 Å². The molecule has 0 spiro atoms. The normalized spacial score (nSPS) is 17.5. The van der Waals surface area contributed by atoms with Gasteiger partial charge in [-0.2, -0.15) is 4.31 Å². The molecule has 2 aromatic rings. The Bertz CT molecular complexity index is 903. The number of nitrogens with zero attached hydrogens (tertiary/aromatic N) is 1. The van der Waals surface area contributed by atoms with Gasteiger partial charge in [-0.15, -0.1) is 0 Å². The average Bonchev–Trinajstić information content (AvgIpc) is 2.74. The topological polar surface area (TPSA) is 66.5 Å². The standard InChI is InChI=1S/C22H26N2O3S/c1-18(20-10-6-3-7-11-20)23-22(25)21-12-15-24(16-13-21)28(26,27)17-14-19-8-4-2-5-9-19/h2-11,14,17-18,21H,12-13,15-16H2,1H3,(H,23,25). The lowest BCUT2D eigenvalue weighted by Crippen LogP contribution is -2.42. The molecule has 1 heterocycles. The highest BCUT2D eigenvalue weighted by Gasteiger charge is 2.30. The number of hydrogen-bond donors (Lipinski definition) is 1. The second kappa shape index (κ2) is 9.17. The van der Waals surface area contributed by atoms with Gasteiger partial charge in [-0.3, -0.25) is 4.79 Å². The van der Waals surface area contributed by atoms with Crippen LogP contribution in [0.25, 0.3) is 6.08 Å². The van der Waals surface area contributed by atoms with E-state index < -0.39 is 10.0 Å².